The molecule has 0 heterocycles. The van der Waals surface area contributed by atoms with Gasteiger partial charge in [0.15, 0.2) is 0 Å². The Hall–Kier alpha value is -11.7. The Balaban J connectivity index is 1.00. The highest BCUT2D eigenvalue weighted by atomic mass is 19.1. The summed E-state index contributed by atoms with van der Waals surface area (Å²) in [5.74, 6) is -5.44. The summed E-state index contributed by atoms with van der Waals surface area (Å²) in [5, 5.41) is 16.0. The first-order valence-electron chi connectivity index (χ1n) is 32.3. The zero-order valence-corrected chi connectivity index (χ0v) is 55.4. The van der Waals surface area contributed by atoms with Crippen LogP contribution in [0.4, 0.5) is 18.4 Å². The Morgan fingerprint density at radius 2 is 0.720 bits per heavy atom. The van der Waals surface area contributed by atoms with Crippen molar-refractivity contribution in [3.8, 4) is 23.0 Å². The van der Waals surface area contributed by atoms with Gasteiger partial charge in [-0.3, -0.25) is 28.8 Å². The van der Waals surface area contributed by atoms with Crippen LogP contribution in [0.5, 0.6) is 23.0 Å². The van der Waals surface area contributed by atoms with E-state index in [2.05, 4.69) is 31.9 Å². The number of rotatable bonds is 38. The number of carbonyl (C=O) groups excluding carboxylic acids is 10. The van der Waals surface area contributed by atoms with Crippen LogP contribution in [-0.2, 0) is 64.3 Å². The minimum absolute atomic E-state index is 0.0188. The van der Waals surface area contributed by atoms with Crippen molar-refractivity contribution in [3.63, 3.8) is 0 Å². The third-order valence-electron chi connectivity index (χ3n) is 15.2. The summed E-state index contributed by atoms with van der Waals surface area (Å²) in [5.41, 5.74) is 2.55. The molecule has 0 aliphatic rings. The average molecular weight is 1380 g/mol. The number of alkyl carbamates (subject to hydrolysis) is 2. The van der Waals surface area contributed by atoms with Gasteiger partial charge in [0.05, 0.1) is 14.2 Å². The molecule has 0 bridgehead atoms. The molecule has 8 amide bonds. The van der Waals surface area contributed by atoms with E-state index < -0.39 is 109 Å². The maximum absolute atomic E-state index is 14.6. The number of hydrogen-bond acceptors (Lipinski definition) is 16. The molecule has 0 radical (unpaired) electrons. The molecule has 0 aliphatic heterocycles. The lowest BCUT2D eigenvalue weighted by Crippen LogP contribution is -2.47. The van der Waals surface area contributed by atoms with E-state index in [9.17, 15) is 56.7 Å². The molecule has 100 heavy (non-hydrogen) atoms. The molecule has 2 atom stereocenters. The van der Waals surface area contributed by atoms with Gasteiger partial charge in [0.1, 0.15) is 86.1 Å². The SMILES string of the molecule is COc1ccc(OC(=O)[C@H](CCCCNC(=O)CN(CC(=O)NCCc2ccc(F)cc2)C(=O)c2cccc(C(=O)N(CC(=O)NCCCC[C@H](NC(=O)OCc3ccccc3)C(=O)Oc3ccc(OC)cc3)CC(=O)NCCc3ccc(F)cc3)c2)NC(=O)OCc2ccccc2)cc1. The molecule has 26 heteroatoms. The molecule has 0 saturated heterocycles. The summed E-state index contributed by atoms with van der Waals surface area (Å²) >= 11 is 0. The van der Waals surface area contributed by atoms with Gasteiger partial charge in [0.25, 0.3) is 11.8 Å². The number of benzene rings is 7. The predicted octanol–water partition coefficient (Wildman–Crippen LogP) is 7.96. The van der Waals surface area contributed by atoms with Gasteiger partial charge in [-0.15, -0.1) is 0 Å². The topological polar surface area (TPSA) is 305 Å². The van der Waals surface area contributed by atoms with Crippen LogP contribution >= 0.6 is 0 Å². The van der Waals surface area contributed by atoms with Crippen LogP contribution in [0, 0.1) is 11.6 Å². The Morgan fingerprint density at radius 1 is 0.380 bits per heavy atom. The standard InChI is InChI=1S/C74H80F2N8O16/c1-95-59-30-34-61(35-31-59)99-71(91)63(81-73(93)97-49-53-14-5-3-6-15-53)20-9-11-40-77-65(85)45-83(47-67(87)79-42-38-51-22-26-57(75)27-23-51)69(89)55-18-13-19-56(44-55)70(90)84(48-68(88)80-43-39-52-24-28-58(76)29-25-52)46-66(86)78-41-12-10-21-64(72(92)100-62-36-32-60(96-2)33-37-62)82-74(94)98-50-54-16-7-4-8-17-54/h3-8,13-19,22-37,44,63-64H,9-12,20-21,38-43,45-50H2,1-2H3,(H,77,85)(H,78,86)(H,79,87)(H,80,88)(H,81,93)(H,82,94)/t63-,64-/m0/s1. The number of unbranched alkanes of at least 4 members (excludes halogenated alkanes) is 2. The first kappa shape index (κ1) is 75.7. The fourth-order valence-electron chi connectivity index (χ4n) is 9.84. The molecule has 7 rings (SSSR count). The van der Waals surface area contributed by atoms with Crippen LogP contribution in [0.25, 0.3) is 0 Å². The zero-order chi connectivity index (χ0) is 71.4. The van der Waals surface area contributed by atoms with Crippen molar-refractivity contribution in [2.24, 2.45) is 0 Å². The van der Waals surface area contributed by atoms with Crippen LogP contribution < -0.4 is 50.8 Å². The van der Waals surface area contributed by atoms with E-state index in [1.54, 1.807) is 97.1 Å². The second kappa shape index (κ2) is 40.8. The van der Waals surface area contributed by atoms with Gasteiger partial charge in [0, 0.05) is 37.3 Å². The maximum atomic E-state index is 14.6. The summed E-state index contributed by atoms with van der Waals surface area (Å²) in [6, 6.07) is 44.6. The van der Waals surface area contributed by atoms with Crippen molar-refractivity contribution >= 4 is 59.6 Å². The maximum Gasteiger partial charge on any atom is 0.408 e. The second-order valence-electron chi connectivity index (χ2n) is 22.8. The van der Waals surface area contributed by atoms with Crippen LogP contribution in [0.15, 0.2) is 182 Å². The second-order valence-corrected chi connectivity index (χ2v) is 22.8. The van der Waals surface area contributed by atoms with E-state index in [-0.39, 0.29) is 101 Å². The number of ether oxygens (including phenoxy) is 6. The molecule has 7 aromatic carbocycles. The molecule has 526 valence electrons. The van der Waals surface area contributed by atoms with E-state index in [0.29, 0.717) is 46.6 Å². The molecule has 0 aliphatic carbocycles. The van der Waals surface area contributed by atoms with Crippen molar-refractivity contribution in [1.29, 1.82) is 0 Å². The number of halogens is 2. The molecule has 0 unspecified atom stereocenters. The molecule has 6 N–H and O–H groups in total. The van der Waals surface area contributed by atoms with Gasteiger partial charge in [0.2, 0.25) is 23.6 Å². The monoisotopic (exact) mass is 1370 g/mol. The Morgan fingerprint density at radius 3 is 1.07 bits per heavy atom. The van der Waals surface area contributed by atoms with Crippen molar-refractivity contribution < 1.29 is 85.1 Å². The average Bonchev–Trinajstić information content (AvgIpc) is 0.830. The number of esters is 2. The lowest BCUT2D eigenvalue weighted by molar-refractivity contribution is -0.137. The number of nitrogens with zero attached hydrogens (tertiary/aromatic N) is 2. The molecule has 24 nitrogen and oxygen atoms in total. The van der Waals surface area contributed by atoms with E-state index in [1.165, 1.54) is 87.0 Å². The van der Waals surface area contributed by atoms with Gasteiger partial charge in [-0.05, 0) is 165 Å². The molecule has 0 fully saturated rings. The molecule has 0 aromatic heterocycles. The lowest BCUT2D eigenvalue weighted by atomic mass is 10.1. The highest BCUT2D eigenvalue weighted by Crippen LogP contribution is 2.21. The minimum Gasteiger partial charge on any atom is -0.497 e. The minimum atomic E-state index is -1.18. The van der Waals surface area contributed by atoms with Crippen molar-refractivity contribution in [3.05, 3.63) is 227 Å². The first-order chi connectivity index (χ1) is 48.4. The smallest absolute Gasteiger partial charge is 0.408 e. The van der Waals surface area contributed by atoms with Crippen LogP contribution in [0.2, 0.25) is 0 Å². The highest BCUT2D eigenvalue weighted by molar-refractivity contribution is 6.03. The lowest BCUT2D eigenvalue weighted by Gasteiger charge is -2.24. The number of carbonyl (C=O) groups is 10. The first-order valence-corrected chi connectivity index (χ1v) is 32.3. The molecule has 7 aromatic rings. The molecular formula is C74H80F2N8O16. The summed E-state index contributed by atoms with van der Waals surface area (Å²) in [7, 11) is 2.97. The van der Waals surface area contributed by atoms with Gasteiger partial charge in [-0.25, -0.2) is 28.0 Å². The Kier molecular flexibility index (Phi) is 30.8. The van der Waals surface area contributed by atoms with Crippen LogP contribution in [0.1, 0.15) is 81.5 Å². The number of amides is 8. The van der Waals surface area contributed by atoms with Crippen molar-refractivity contribution in [2.45, 2.75) is 76.7 Å². The molecule has 0 spiro atoms. The van der Waals surface area contributed by atoms with E-state index in [4.69, 9.17) is 28.4 Å². The van der Waals surface area contributed by atoms with Crippen LogP contribution in [0.3, 0.4) is 0 Å². The van der Waals surface area contributed by atoms with E-state index in [0.717, 1.165) is 9.80 Å². The predicted molar refractivity (Wildman–Crippen MR) is 363 cm³/mol. The third kappa shape index (κ3) is 27.1. The summed E-state index contributed by atoms with van der Waals surface area (Å²) in [4.78, 5) is 139. The van der Waals surface area contributed by atoms with E-state index in [1.807, 2.05) is 12.1 Å². The Bertz CT molecular complexity index is 3570. The normalized spacial score (nSPS) is 11.2. The Labute approximate surface area is 577 Å². The van der Waals surface area contributed by atoms with Gasteiger partial charge >= 0.3 is 24.1 Å². The van der Waals surface area contributed by atoms with Gasteiger partial charge in [-0.1, -0.05) is 91.0 Å². The largest absolute Gasteiger partial charge is 0.497 e. The molecular weight excluding hydrogens is 1290 g/mol. The summed E-state index contributed by atoms with van der Waals surface area (Å²) in [6.45, 7) is -2.55. The number of methoxy groups -OCH3 is 2. The summed E-state index contributed by atoms with van der Waals surface area (Å²) < 4.78 is 59.6. The summed E-state index contributed by atoms with van der Waals surface area (Å²) in [6.07, 6.45) is 0.0189. The number of hydrogen-bond donors (Lipinski definition) is 6. The highest BCUT2D eigenvalue weighted by Gasteiger charge is 2.28. The quantitative estimate of drug-likeness (QED) is 0.0121. The fourth-order valence-corrected chi connectivity index (χ4v) is 9.84. The van der Waals surface area contributed by atoms with Crippen LogP contribution in [-0.4, -0.2) is 148 Å². The zero-order valence-electron chi connectivity index (χ0n) is 55.4. The van der Waals surface area contributed by atoms with Gasteiger partial charge in [-0.2, -0.15) is 0 Å². The van der Waals surface area contributed by atoms with Crippen molar-refractivity contribution in [2.75, 3.05) is 66.6 Å². The van der Waals surface area contributed by atoms with Crippen molar-refractivity contribution in [1.82, 2.24) is 41.7 Å². The molecule has 0 saturated carbocycles. The van der Waals surface area contributed by atoms with Gasteiger partial charge < -0.3 is 70.1 Å². The van der Waals surface area contributed by atoms with E-state index >= 15 is 0 Å². The third-order valence-corrected chi connectivity index (χ3v) is 15.2. The fraction of sp³-hybridized carbons (Fsp3) is 0.297. The number of nitrogens with one attached hydrogen (secondary N) is 6.